The fourth-order valence-electron chi connectivity index (χ4n) is 0. The van der Waals surface area contributed by atoms with E-state index in [9.17, 15) is 0 Å². The van der Waals surface area contributed by atoms with Gasteiger partial charge in [-0.25, -0.2) is 0 Å². The second kappa shape index (κ2) is 1.76. The molecule has 0 aromatic heterocycles. The summed E-state index contributed by atoms with van der Waals surface area (Å²) in [5.74, 6) is 0. The van der Waals surface area contributed by atoms with Gasteiger partial charge in [0.05, 0.1) is 0 Å². The first kappa shape index (κ1) is 6.19. The summed E-state index contributed by atoms with van der Waals surface area (Å²) >= 11 is -3.08. The van der Waals surface area contributed by atoms with E-state index in [1.54, 1.807) is 0 Å². The molecular weight excluding hydrogens is 195 g/mol. The van der Waals surface area contributed by atoms with Crippen molar-refractivity contribution in [2.24, 2.45) is 8.58 Å². The van der Waals surface area contributed by atoms with Crippen LogP contribution in [0.25, 0.3) is 0 Å². The van der Waals surface area contributed by atoms with E-state index in [-0.39, 0.29) is 0 Å². The Bertz CT molecular complexity index is 23.1. The van der Waals surface area contributed by atoms with Crippen LogP contribution in [0.4, 0.5) is 0 Å². The number of halogens is 2. The summed E-state index contributed by atoms with van der Waals surface area (Å²) in [5, 5.41) is 0. The molecule has 0 atom stereocenters. The second-order valence-electron chi connectivity index (χ2n) is 0.551. The van der Waals surface area contributed by atoms with Gasteiger partial charge in [0, 0.05) is 0 Å². The van der Waals surface area contributed by atoms with Crippen LogP contribution in [0.3, 0.4) is 0 Å². The van der Waals surface area contributed by atoms with E-state index in [0.717, 1.165) is 0 Å². The Balaban J connectivity index is 3.02. The van der Waals surface area contributed by atoms with Crippen LogP contribution in [0.15, 0.2) is 0 Å². The van der Waals surface area contributed by atoms with Gasteiger partial charge in [0.15, 0.2) is 0 Å². The SMILES string of the molecule is [NH2][Mo]([NH2])([Cl])[Cl]. The Morgan fingerprint density at radius 3 is 1.20 bits per heavy atom. The van der Waals surface area contributed by atoms with Crippen molar-refractivity contribution < 1.29 is 14.5 Å². The van der Waals surface area contributed by atoms with Gasteiger partial charge >= 0.3 is 41.9 Å². The van der Waals surface area contributed by atoms with Crippen LogP contribution in [0.2, 0.25) is 0 Å². The first-order valence-electron chi connectivity index (χ1n) is 0.780. The fraction of sp³-hybridized carbons (Fsp3) is 0. The molecule has 0 aromatic rings. The van der Waals surface area contributed by atoms with Crippen LogP contribution in [-0.2, 0) is 14.5 Å². The van der Waals surface area contributed by atoms with Crippen molar-refractivity contribution in [2.45, 2.75) is 0 Å². The van der Waals surface area contributed by atoms with Gasteiger partial charge in [-0.2, -0.15) is 0 Å². The van der Waals surface area contributed by atoms with E-state index in [4.69, 9.17) is 27.4 Å². The summed E-state index contributed by atoms with van der Waals surface area (Å²) < 4.78 is 9.71. The van der Waals surface area contributed by atoms with Crippen molar-refractivity contribution in [1.82, 2.24) is 0 Å². The minimum absolute atomic E-state index is 3.08. The van der Waals surface area contributed by atoms with Crippen molar-refractivity contribution in [3.8, 4) is 0 Å². The predicted octanol–water partition coefficient (Wildman–Crippen LogP) is 0.195. The molecule has 0 saturated carbocycles. The van der Waals surface area contributed by atoms with Crippen LogP contribution < -0.4 is 8.58 Å². The molecule has 5 heteroatoms. The second-order valence-corrected chi connectivity index (χ2v) is 10.2. The molecule has 4 N–H and O–H groups in total. The Labute approximate surface area is 42.1 Å². The predicted molar refractivity (Wildman–Crippen MR) is 20.1 cm³/mol. The van der Waals surface area contributed by atoms with Gasteiger partial charge in [-0.3, -0.25) is 0 Å². The first-order valence-corrected chi connectivity index (χ1v) is 8.27. The van der Waals surface area contributed by atoms with Gasteiger partial charge in [-0.05, 0) is 0 Å². The van der Waals surface area contributed by atoms with Crippen molar-refractivity contribution in [2.75, 3.05) is 0 Å². The van der Waals surface area contributed by atoms with Gasteiger partial charge in [0.2, 0.25) is 0 Å². The van der Waals surface area contributed by atoms with Gasteiger partial charge in [0.25, 0.3) is 0 Å². The van der Waals surface area contributed by atoms with Crippen molar-refractivity contribution in [1.29, 1.82) is 0 Å². The van der Waals surface area contributed by atoms with Crippen LogP contribution in [0.5, 0.6) is 0 Å². The zero-order chi connectivity index (χ0) is 4.50. The summed E-state index contributed by atoms with van der Waals surface area (Å²) in [6, 6.07) is 0. The molecule has 0 bridgehead atoms. The summed E-state index contributed by atoms with van der Waals surface area (Å²) in [5.41, 5.74) is 0. The molecule has 0 aliphatic heterocycles. The number of hydrogen-bond acceptors (Lipinski definition) is 2. The van der Waals surface area contributed by atoms with Crippen LogP contribution in [0, 0.1) is 0 Å². The number of hydrogen-bond donors (Lipinski definition) is 2. The van der Waals surface area contributed by atoms with E-state index < -0.39 is 14.5 Å². The molecule has 0 heterocycles. The van der Waals surface area contributed by atoms with E-state index in [1.165, 1.54) is 0 Å². The van der Waals surface area contributed by atoms with E-state index in [0.29, 0.717) is 0 Å². The number of rotatable bonds is 0. The summed E-state index contributed by atoms with van der Waals surface area (Å²) in [6.45, 7) is 0. The average Bonchev–Trinajstić information content (AvgIpc) is 0.722. The van der Waals surface area contributed by atoms with Crippen LogP contribution in [0.1, 0.15) is 0 Å². The molecule has 2 nitrogen and oxygen atoms in total. The summed E-state index contributed by atoms with van der Waals surface area (Å²) in [7, 11) is 10.1. The Morgan fingerprint density at radius 1 is 1.20 bits per heavy atom. The molecular formula is H4Cl2MoN2. The molecule has 0 aliphatic rings. The van der Waals surface area contributed by atoms with Gasteiger partial charge in [-0.1, -0.05) is 0 Å². The van der Waals surface area contributed by atoms with Gasteiger partial charge in [-0.15, -0.1) is 0 Å². The minimum atomic E-state index is -3.08. The molecule has 0 amide bonds. The molecule has 0 aromatic carbocycles. The third-order valence-electron chi connectivity index (χ3n) is 0. The summed E-state index contributed by atoms with van der Waals surface area (Å²) in [4.78, 5) is 0. The van der Waals surface area contributed by atoms with E-state index in [2.05, 4.69) is 0 Å². The van der Waals surface area contributed by atoms with E-state index >= 15 is 0 Å². The molecule has 0 rings (SSSR count). The first-order chi connectivity index (χ1) is 2.00. The zero-order valence-corrected chi connectivity index (χ0v) is 5.84. The maximum atomic E-state index is 5.04. The zero-order valence-electron chi connectivity index (χ0n) is 2.32. The molecule has 0 spiro atoms. The average molecular weight is 199 g/mol. The molecule has 5 heavy (non-hydrogen) atoms. The fourth-order valence-corrected chi connectivity index (χ4v) is 0. The molecule has 0 unspecified atom stereocenters. The van der Waals surface area contributed by atoms with Crippen molar-refractivity contribution in [3.63, 3.8) is 0 Å². The Morgan fingerprint density at radius 2 is 1.20 bits per heavy atom. The standard InChI is InChI=1S/2ClH.Mo.2H2N/h2*1H;;2*1H2/q;;+4;2*-1/p-2. The maximum absolute atomic E-state index is 5.04. The molecule has 0 saturated heterocycles. The van der Waals surface area contributed by atoms with Gasteiger partial charge < -0.3 is 0 Å². The molecule has 0 fully saturated rings. The molecule has 0 radical (unpaired) electrons. The quantitative estimate of drug-likeness (QED) is 0.547. The monoisotopic (exact) mass is 200 g/mol. The topological polar surface area (TPSA) is 52.0 Å². The summed E-state index contributed by atoms with van der Waals surface area (Å²) in [6.07, 6.45) is 0. The Kier molecular flexibility index (Phi) is 2.18. The number of nitrogens with two attached hydrogens (primary N) is 2. The molecule has 0 aliphatic carbocycles. The third kappa shape index (κ3) is 37.3. The van der Waals surface area contributed by atoms with Gasteiger partial charge in [0.1, 0.15) is 0 Å². The van der Waals surface area contributed by atoms with Crippen molar-refractivity contribution in [3.05, 3.63) is 0 Å². The third-order valence-corrected chi connectivity index (χ3v) is 0. The van der Waals surface area contributed by atoms with Crippen molar-refractivity contribution >= 4 is 18.8 Å². The van der Waals surface area contributed by atoms with E-state index in [1.807, 2.05) is 0 Å². The Hall–Kier alpha value is 1.19. The van der Waals surface area contributed by atoms with Crippen LogP contribution in [-0.4, -0.2) is 0 Å². The molecule has 34 valence electrons. The normalized spacial score (nSPS) is 15.2. The van der Waals surface area contributed by atoms with Crippen LogP contribution >= 0.6 is 18.8 Å².